The number of hydrogen-bond acceptors (Lipinski definition) is 10. The Labute approximate surface area is 147 Å². The van der Waals surface area contributed by atoms with Crippen LogP contribution in [0.15, 0.2) is 5.11 Å². The summed E-state index contributed by atoms with van der Waals surface area (Å²) in [5.74, 6) is -5.26. The zero-order valence-electron chi connectivity index (χ0n) is 14.4. The molecule has 1 heterocycles. The molecule has 26 heavy (non-hydrogen) atoms. The van der Waals surface area contributed by atoms with Gasteiger partial charge in [-0.25, -0.2) is 0 Å². The minimum atomic E-state index is -3.59. The van der Waals surface area contributed by atoms with Crippen LogP contribution in [0.2, 0.25) is 0 Å². The van der Waals surface area contributed by atoms with Gasteiger partial charge >= 0.3 is 0 Å². The van der Waals surface area contributed by atoms with Crippen molar-refractivity contribution in [2.75, 3.05) is 0 Å². The minimum Gasteiger partial charge on any atom is -0.382 e. The smallest absolute Gasteiger partial charge is 0.200 e. The predicted molar refractivity (Wildman–Crippen MR) is 81.4 cm³/mol. The molecule has 4 N–H and O–H groups in total. The first-order valence-electron chi connectivity index (χ1n) is 7.32. The minimum absolute atomic E-state index is 0.650. The summed E-state index contributed by atoms with van der Waals surface area (Å²) in [6.45, 7) is 2.89. The van der Waals surface area contributed by atoms with Crippen molar-refractivity contribution in [2.24, 2.45) is 5.11 Å². The van der Waals surface area contributed by atoms with Gasteiger partial charge in [0, 0.05) is 4.91 Å². The molecule has 1 unspecified atom stereocenters. The molecule has 0 aliphatic carbocycles. The third kappa shape index (κ3) is 2.55. The van der Waals surface area contributed by atoms with E-state index in [4.69, 9.17) is 10.3 Å². The summed E-state index contributed by atoms with van der Waals surface area (Å²) in [7, 11) is 0. The third-order valence-corrected chi connectivity index (χ3v) is 4.59. The number of carbonyl (C=O) groups excluding carboxylic acids is 4. The topological polar surface area (TPSA) is 207 Å². The van der Waals surface area contributed by atoms with Crippen molar-refractivity contribution in [3.8, 4) is 0 Å². The van der Waals surface area contributed by atoms with E-state index in [1.165, 1.54) is 0 Å². The van der Waals surface area contributed by atoms with Crippen molar-refractivity contribution in [3.05, 3.63) is 10.4 Å². The van der Waals surface area contributed by atoms with Crippen LogP contribution in [0.25, 0.3) is 10.4 Å². The Hall–Kier alpha value is -2.21. The maximum atomic E-state index is 12.2. The Balaban J connectivity index is 4.00. The summed E-state index contributed by atoms with van der Waals surface area (Å²) >= 11 is 0. The van der Waals surface area contributed by atoms with E-state index in [2.05, 4.69) is 10.0 Å². The van der Waals surface area contributed by atoms with Crippen LogP contribution in [-0.2, 0) is 23.9 Å². The SMILES string of the molecule is CC(=O)C(O)[C@H]1O[C@@H](N=[N+]=[N-])[C@@](O)(C(C)=O)[C@](O)(C(C)=O)[C@]1(O)C(C)=O. The second-order valence-electron chi connectivity index (χ2n) is 6.08. The molecule has 0 aromatic heterocycles. The highest BCUT2D eigenvalue weighted by Gasteiger charge is 2.79. The van der Waals surface area contributed by atoms with Gasteiger partial charge in [0.15, 0.2) is 46.2 Å². The zero-order valence-corrected chi connectivity index (χ0v) is 14.4. The van der Waals surface area contributed by atoms with Gasteiger partial charge in [-0.2, -0.15) is 0 Å². The summed E-state index contributed by atoms with van der Waals surface area (Å²) in [5, 5.41) is 45.6. The van der Waals surface area contributed by atoms with Crippen LogP contribution in [0.1, 0.15) is 27.7 Å². The van der Waals surface area contributed by atoms with Crippen molar-refractivity contribution >= 4 is 23.1 Å². The first-order valence-corrected chi connectivity index (χ1v) is 7.32. The van der Waals surface area contributed by atoms with Gasteiger partial charge in [-0.1, -0.05) is 5.11 Å². The number of ketones is 4. The van der Waals surface area contributed by atoms with Gasteiger partial charge in [0.05, 0.1) is 0 Å². The van der Waals surface area contributed by atoms with Gasteiger partial charge in [0.25, 0.3) is 0 Å². The molecule has 0 radical (unpaired) electrons. The molecule has 0 amide bonds. The molecular weight excluding hydrogens is 354 g/mol. The Morgan fingerprint density at radius 3 is 1.77 bits per heavy atom. The number of nitrogens with zero attached hydrogens (tertiary/aromatic N) is 3. The van der Waals surface area contributed by atoms with E-state index in [0.717, 1.165) is 6.92 Å². The van der Waals surface area contributed by atoms with Crippen LogP contribution < -0.4 is 0 Å². The van der Waals surface area contributed by atoms with Crippen LogP contribution in [0, 0.1) is 0 Å². The molecule has 0 aromatic rings. The van der Waals surface area contributed by atoms with Crippen molar-refractivity contribution < 1.29 is 44.3 Å². The van der Waals surface area contributed by atoms with Crippen LogP contribution >= 0.6 is 0 Å². The highest BCUT2D eigenvalue weighted by atomic mass is 16.6. The Bertz CT molecular complexity index is 718. The van der Waals surface area contributed by atoms with Crippen molar-refractivity contribution in [3.63, 3.8) is 0 Å². The second kappa shape index (κ2) is 6.83. The molecule has 0 spiro atoms. The molecule has 12 heteroatoms. The predicted octanol–water partition coefficient (Wildman–Crippen LogP) is -2.07. The lowest BCUT2D eigenvalue weighted by atomic mass is 9.59. The van der Waals surface area contributed by atoms with Crippen LogP contribution in [-0.4, -0.2) is 78.8 Å². The fourth-order valence-corrected chi connectivity index (χ4v) is 3.11. The van der Waals surface area contributed by atoms with E-state index in [1.54, 1.807) is 0 Å². The molecule has 1 saturated heterocycles. The fourth-order valence-electron chi connectivity index (χ4n) is 3.11. The van der Waals surface area contributed by atoms with E-state index in [1.807, 2.05) is 0 Å². The number of ether oxygens (including phenoxy) is 1. The number of aliphatic hydroxyl groups is 4. The summed E-state index contributed by atoms with van der Waals surface area (Å²) in [6, 6.07) is 0. The monoisotopic (exact) mass is 373 g/mol. The number of hydrogen-bond donors (Lipinski definition) is 4. The van der Waals surface area contributed by atoms with Crippen LogP contribution in [0.5, 0.6) is 0 Å². The summed E-state index contributed by atoms with van der Waals surface area (Å²) in [4.78, 5) is 50.3. The first-order chi connectivity index (χ1) is 11.7. The molecule has 12 nitrogen and oxygen atoms in total. The summed E-state index contributed by atoms with van der Waals surface area (Å²) in [6.07, 6.45) is -6.92. The lowest BCUT2D eigenvalue weighted by Gasteiger charge is -2.57. The van der Waals surface area contributed by atoms with E-state index in [0.29, 0.717) is 20.8 Å². The van der Waals surface area contributed by atoms with Crippen molar-refractivity contribution in [1.82, 2.24) is 0 Å². The normalized spacial score (nSPS) is 38.0. The highest BCUT2D eigenvalue weighted by Crippen LogP contribution is 2.47. The van der Waals surface area contributed by atoms with Crippen molar-refractivity contribution in [1.29, 1.82) is 0 Å². The fraction of sp³-hybridized carbons (Fsp3) is 0.714. The number of carbonyl (C=O) groups is 4. The van der Waals surface area contributed by atoms with Gasteiger partial charge in [-0.15, -0.1) is 0 Å². The first kappa shape index (κ1) is 21.8. The molecule has 1 aliphatic rings. The van der Waals surface area contributed by atoms with E-state index in [-0.39, 0.29) is 0 Å². The van der Waals surface area contributed by atoms with E-state index in [9.17, 15) is 39.6 Å². The molecule has 1 aliphatic heterocycles. The number of azide groups is 1. The molecule has 1 fully saturated rings. The van der Waals surface area contributed by atoms with Crippen LogP contribution in [0.4, 0.5) is 0 Å². The van der Waals surface area contributed by atoms with Crippen LogP contribution in [0.3, 0.4) is 0 Å². The third-order valence-electron chi connectivity index (χ3n) is 4.59. The molecule has 6 atom stereocenters. The Morgan fingerprint density at radius 1 is 1.00 bits per heavy atom. The number of aliphatic hydroxyl groups excluding tert-OH is 1. The molecular formula is C14H19N3O9. The second-order valence-corrected chi connectivity index (χ2v) is 6.08. The average molecular weight is 373 g/mol. The molecule has 0 bridgehead atoms. The molecule has 0 aromatic carbocycles. The largest absolute Gasteiger partial charge is 0.382 e. The van der Waals surface area contributed by atoms with Gasteiger partial charge in [-0.3, -0.25) is 19.2 Å². The van der Waals surface area contributed by atoms with E-state index < -0.39 is 58.4 Å². The lowest BCUT2D eigenvalue weighted by Crippen LogP contribution is -2.86. The maximum Gasteiger partial charge on any atom is 0.200 e. The summed E-state index contributed by atoms with van der Waals surface area (Å²) in [5.41, 5.74) is -1.73. The molecule has 1 rings (SSSR count). The van der Waals surface area contributed by atoms with Gasteiger partial charge in [0.2, 0.25) is 0 Å². The van der Waals surface area contributed by atoms with Gasteiger partial charge in [-0.05, 0) is 33.2 Å². The highest BCUT2D eigenvalue weighted by molar-refractivity contribution is 6.05. The van der Waals surface area contributed by atoms with Gasteiger partial charge < -0.3 is 25.2 Å². The average Bonchev–Trinajstić information content (AvgIpc) is 2.53. The standard InChI is InChI=1S/C14H19N3O9/c1-5(18)9(22)10-12(23,6(2)19)14(25,8(4)21)13(24,7(3)20)11(26-10)16-17-15/h9-11,22-25H,1-4H3/t9?,10-,11-,12+,13+,14+/m1/s1. The lowest BCUT2D eigenvalue weighted by molar-refractivity contribution is -0.325. The maximum absolute atomic E-state index is 12.2. The van der Waals surface area contributed by atoms with E-state index >= 15 is 0 Å². The Morgan fingerprint density at radius 2 is 1.46 bits per heavy atom. The van der Waals surface area contributed by atoms with Crippen molar-refractivity contribution in [2.45, 2.75) is 62.9 Å². The molecule has 0 saturated carbocycles. The van der Waals surface area contributed by atoms with Gasteiger partial charge in [0.1, 0.15) is 12.2 Å². The summed E-state index contributed by atoms with van der Waals surface area (Å²) < 4.78 is 5.00. The number of Topliss-reactive ketones (excluding diaryl/α,β-unsaturated/α-hetero) is 4. The molecule has 144 valence electrons. The quantitative estimate of drug-likeness (QED) is 0.229. The zero-order chi connectivity index (χ0) is 20.7. The number of rotatable bonds is 6. The Kier molecular flexibility index (Phi) is 5.74.